The van der Waals surface area contributed by atoms with Gasteiger partial charge in [-0.15, -0.1) is 0 Å². The summed E-state index contributed by atoms with van der Waals surface area (Å²) in [5.74, 6) is 1.27. The van der Waals surface area contributed by atoms with Crippen molar-refractivity contribution in [2.45, 2.75) is 26.4 Å². The standard InChI is InChI=1S/C31H32O8/c1-17-13-20-14-22(34-3)29(35-4)27(33)25(20)26-21(15-23-30(31(26)36-5)38-16-37-23)28(18(17)2)39-24(32)12-11-19-9-7-6-8-10-19/h6-12,14-15,17-18,28,33H,13,16H2,1-5H3/b12-11+/t17-,18-,28-/m1/s1. The highest BCUT2D eigenvalue weighted by molar-refractivity contribution is 5.90. The van der Waals surface area contributed by atoms with Crippen molar-refractivity contribution in [1.29, 1.82) is 0 Å². The van der Waals surface area contributed by atoms with Crippen LogP contribution in [0.1, 0.15) is 36.6 Å². The molecule has 1 N–H and O–H groups in total. The van der Waals surface area contributed by atoms with E-state index >= 15 is 0 Å². The van der Waals surface area contributed by atoms with Crippen molar-refractivity contribution in [3.8, 4) is 45.6 Å². The summed E-state index contributed by atoms with van der Waals surface area (Å²) in [6, 6.07) is 13.2. The Morgan fingerprint density at radius 1 is 0.974 bits per heavy atom. The van der Waals surface area contributed by atoms with Crippen LogP contribution < -0.4 is 23.7 Å². The van der Waals surface area contributed by atoms with Crippen LogP contribution in [0.4, 0.5) is 0 Å². The number of rotatable bonds is 6. The lowest BCUT2D eigenvalue weighted by atomic mass is 9.76. The van der Waals surface area contributed by atoms with E-state index < -0.39 is 12.1 Å². The van der Waals surface area contributed by atoms with E-state index in [1.165, 1.54) is 27.4 Å². The van der Waals surface area contributed by atoms with Crippen molar-refractivity contribution in [3.05, 3.63) is 65.2 Å². The fraction of sp³-hybridized carbons (Fsp3) is 0.323. The molecule has 3 atom stereocenters. The topological polar surface area (TPSA) is 92.7 Å². The molecule has 0 spiro atoms. The van der Waals surface area contributed by atoms with Crippen LogP contribution in [0.5, 0.6) is 34.5 Å². The fourth-order valence-corrected chi connectivity index (χ4v) is 5.35. The molecule has 0 amide bonds. The number of benzene rings is 3. The monoisotopic (exact) mass is 532 g/mol. The minimum Gasteiger partial charge on any atom is -0.504 e. The fourth-order valence-electron chi connectivity index (χ4n) is 5.35. The first kappa shape index (κ1) is 26.3. The Balaban J connectivity index is 1.71. The van der Waals surface area contributed by atoms with Crippen LogP contribution in [0.2, 0.25) is 0 Å². The lowest BCUT2D eigenvalue weighted by molar-refractivity contribution is -0.146. The van der Waals surface area contributed by atoms with Gasteiger partial charge in [-0.05, 0) is 41.7 Å². The van der Waals surface area contributed by atoms with E-state index in [2.05, 4.69) is 13.8 Å². The van der Waals surface area contributed by atoms with Gasteiger partial charge in [0.05, 0.1) is 21.3 Å². The van der Waals surface area contributed by atoms with Crippen LogP contribution in [-0.4, -0.2) is 39.2 Å². The lowest BCUT2D eigenvalue weighted by Crippen LogP contribution is -2.26. The molecule has 2 aliphatic rings. The zero-order valence-corrected chi connectivity index (χ0v) is 22.6. The summed E-state index contributed by atoms with van der Waals surface area (Å²) in [4.78, 5) is 13.1. The Labute approximate surface area is 227 Å². The number of hydrogen-bond donors (Lipinski definition) is 1. The summed E-state index contributed by atoms with van der Waals surface area (Å²) in [5, 5.41) is 11.6. The average Bonchev–Trinajstić information content (AvgIpc) is 3.42. The maximum Gasteiger partial charge on any atom is 0.331 e. The third kappa shape index (κ3) is 4.71. The molecule has 0 unspecified atom stereocenters. The van der Waals surface area contributed by atoms with Gasteiger partial charge < -0.3 is 33.5 Å². The largest absolute Gasteiger partial charge is 0.504 e. The van der Waals surface area contributed by atoms with Gasteiger partial charge in [-0.3, -0.25) is 0 Å². The van der Waals surface area contributed by atoms with E-state index in [1.807, 2.05) is 42.5 Å². The molecule has 8 heteroatoms. The quantitative estimate of drug-likeness (QED) is 0.308. The molecule has 8 nitrogen and oxygen atoms in total. The molecule has 5 rings (SSSR count). The van der Waals surface area contributed by atoms with Crippen LogP contribution >= 0.6 is 0 Å². The van der Waals surface area contributed by atoms with Crippen LogP contribution in [0.3, 0.4) is 0 Å². The van der Waals surface area contributed by atoms with Crippen LogP contribution in [0, 0.1) is 11.8 Å². The highest BCUT2D eigenvalue weighted by atomic mass is 16.7. The SMILES string of the molecule is COc1cc2c(c(O)c1OC)-c1c(cc3c(c1OC)OCO3)[C@H](OC(=O)/C=C/c1ccccc1)[C@H](C)[C@H](C)C2. The van der Waals surface area contributed by atoms with Crippen molar-refractivity contribution in [3.63, 3.8) is 0 Å². The van der Waals surface area contributed by atoms with Crippen molar-refractivity contribution >= 4 is 12.0 Å². The summed E-state index contributed by atoms with van der Waals surface area (Å²) >= 11 is 0. The molecule has 204 valence electrons. The molecule has 3 aromatic rings. The van der Waals surface area contributed by atoms with Gasteiger partial charge in [-0.2, -0.15) is 0 Å². The molecule has 0 fully saturated rings. The summed E-state index contributed by atoms with van der Waals surface area (Å²) in [5.41, 5.74) is 3.44. The van der Waals surface area contributed by atoms with Gasteiger partial charge in [0.2, 0.25) is 18.3 Å². The number of phenols is 1. The van der Waals surface area contributed by atoms with Gasteiger partial charge in [0.25, 0.3) is 0 Å². The van der Waals surface area contributed by atoms with Crippen LogP contribution in [0.15, 0.2) is 48.5 Å². The minimum absolute atomic E-state index is 0.0234. The number of methoxy groups -OCH3 is 3. The number of fused-ring (bicyclic) bond motifs is 4. The number of carbonyl (C=O) groups is 1. The molecule has 39 heavy (non-hydrogen) atoms. The van der Waals surface area contributed by atoms with Crippen LogP contribution in [0.25, 0.3) is 17.2 Å². The zero-order chi connectivity index (χ0) is 27.7. The second-order valence-electron chi connectivity index (χ2n) is 9.74. The zero-order valence-electron chi connectivity index (χ0n) is 22.6. The lowest BCUT2D eigenvalue weighted by Gasteiger charge is -2.34. The number of hydrogen-bond acceptors (Lipinski definition) is 8. The number of aromatic hydroxyl groups is 1. The normalized spacial score (nSPS) is 19.5. The number of carbonyl (C=O) groups excluding carboxylic acids is 1. The van der Waals surface area contributed by atoms with Gasteiger partial charge >= 0.3 is 5.97 Å². The predicted octanol–water partition coefficient (Wildman–Crippen LogP) is 5.94. The Bertz CT molecular complexity index is 1410. The summed E-state index contributed by atoms with van der Waals surface area (Å²) in [6.45, 7) is 4.17. The van der Waals surface area contributed by atoms with Crippen molar-refractivity contribution in [2.75, 3.05) is 28.1 Å². The average molecular weight is 533 g/mol. The van der Waals surface area contributed by atoms with Gasteiger partial charge in [0.1, 0.15) is 6.10 Å². The highest BCUT2D eigenvalue weighted by Crippen LogP contribution is 2.58. The second-order valence-corrected chi connectivity index (χ2v) is 9.74. The Morgan fingerprint density at radius 3 is 2.41 bits per heavy atom. The molecule has 0 bridgehead atoms. The third-order valence-corrected chi connectivity index (χ3v) is 7.51. The number of ether oxygens (including phenoxy) is 6. The molecule has 0 radical (unpaired) electrons. The summed E-state index contributed by atoms with van der Waals surface area (Å²) in [6.07, 6.45) is 3.05. The van der Waals surface area contributed by atoms with Crippen molar-refractivity contribution < 1.29 is 38.3 Å². The molecule has 0 saturated carbocycles. The number of phenolic OH excluding ortho intramolecular Hbond substituents is 1. The van der Waals surface area contributed by atoms with Gasteiger partial charge in [-0.25, -0.2) is 4.79 Å². The van der Waals surface area contributed by atoms with Gasteiger partial charge in [0, 0.05) is 28.7 Å². The maximum absolute atomic E-state index is 13.1. The van der Waals surface area contributed by atoms with E-state index in [0.29, 0.717) is 46.1 Å². The molecule has 3 aromatic carbocycles. The van der Waals surface area contributed by atoms with E-state index in [-0.39, 0.29) is 30.1 Å². The smallest absolute Gasteiger partial charge is 0.331 e. The first-order valence-electron chi connectivity index (χ1n) is 12.8. The highest BCUT2D eigenvalue weighted by Gasteiger charge is 2.39. The molecule has 1 aliphatic heterocycles. The van der Waals surface area contributed by atoms with E-state index in [0.717, 1.165) is 11.1 Å². The molecular weight excluding hydrogens is 500 g/mol. The minimum atomic E-state index is -0.674. The maximum atomic E-state index is 13.1. The summed E-state index contributed by atoms with van der Waals surface area (Å²) < 4.78 is 34.6. The third-order valence-electron chi connectivity index (χ3n) is 7.51. The van der Waals surface area contributed by atoms with E-state index in [4.69, 9.17) is 28.4 Å². The van der Waals surface area contributed by atoms with Gasteiger partial charge in [0.15, 0.2) is 23.0 Å². The van der Waals surface area contributed by atoms with Gasteiger partial charge in [-0.1, -0.05) is 44.2 Å². The summed E-state index contributed by atoms with van der Waals surface area (Å²) in [7, 11) is 4.53. The molecule has 0 saturated heterocycles. The first-order valence-corrected chi connectivity index (χ1v) is 12.8. The van der Waals surface area contributed by atoms with E-state index in [1.54, 1.807) is 6.08 Å². The van der Waals surface area contributed by atoms with Crippen molar-refractivity contribution in [2.24, 2.45) is 11.8 Å². The molecule has 1 heterocycles. The molecule has 1 aliphatic carbocycles. The molecular formula is C31H32O8. The van der Waals surface area contributed by atoms with E-state index in [9.17, 15) is 9.90 Å². The first-order chi connectivity index (χ1) is 18.9. The van der Waals surface area contributed by atoms with Crippen LogP contribution in [-0.2, 0) is 16.0 Å². The Hall–Kier alpha value is -4.33. The molecule has 0 aromatic heterocycles. The second kappa shape index (κ2) is 10.8. The predicted molar refractivity (Wildman–Crippen MR) is 146 cm³/mol. The Kier molecular flexibility index (Phi) is 7.28. The Morgan fingerprint density at radius 2 is 1.72 bits per heavy atom. The number of esters is 1. The van der Waals surface area contributed by atoms with Crippen molar-refractivity contribution in [1.82, 2.24) is 0 Å².